The number of alkyl halides is 3. The molecule has 9 nitrogen and oxygen atoms in total. The van der Waals surface area contributed by atoms with Gasteiger partial charge in [-0.3, -0.25) is 23.9 Å². The third-order valence-electron chi connectivity index (χ3n) is 8.02. The summed E-state index contributed by atoms with van der Waals surface area (Å²) >= 11 is 0. The van der Waals surface area contributed by atoms with Crippen LogP contribution < -0.4 is 5.32 Å². The second-order valence-electron chi connectivity index (χ2n) is 11.0. The molecule has 1 N–H and O–H groups in total. The van der Waals surface area contributed by atoms with Gasteiger partial charge in [0.25, 0.3) is 5.91 Å². The number of hydrogen-bond donors (Lipinski definition) is 1. The first kappa shape index (κ1) is 28.6. The topological polar surface area (TPSA) is 97.9 Å². The highest BCUT2D eigenvalue weighted by atomic mass is 19.4. The molecule has 2 fully saturated rings. The summed E-state index contributed by atoms with van der Waals surface area (Å²) in [6.45, 7) is 3.46. The molecule has 0 spiro atoms. The summed E-state index contributed by atoms with van der Waals surface area (Å²) in [4.78, 5) is 30.6. The van der Waals surface area contributed by atoms with Crippen LogP contribution in [0.4, 0.5) is 17.6 Å². The standard InChI is InChI=1S/C30H29F4N7O2/c1-18(31)29(43)39-15-23(16-39)41-28-24(20-13-36-40(14-20)17-25(42)37-22-5-3-2-4-6-22)11-12-35-27(28)26(38-41)19-7-9-21(10-8-19)30(32,33)34/h7-14,22-23H,1-6,15-17H2,(H,37,42). The first-order valence-electron chi connectivity index (χ1n) is 14.1. The predicted molar refractivity (Wildman–Crippen MR) is 150 cm³/mol. The molecule has 1 aromatic carbocycles. The number of aromatic nitrogens is 5. The van der Waals surface area contributed by atoms with Gasteiger partial charge in [-0.25, -0.2) is 4.39 Å². The molecular formula is C30H29F4N7O2. The average Bonchev–Trinajstić information content (AvgIpc) is 3.57. The van der Waals surface area contributed by atoms with Crippen molar-refractivity contribution in [3.63, 3.8) is 0 Å². The largest absolute Gasteiger partial charge is 0.416 e. The number of hydrogen-bond acceptors (Lipinski definition) is 5. The summed E-state index contributed by atoms with van der Waals surface area (Å²) < 4.78 is 56.3. The molecule has 4 heterocycles. The van der Waals surface area contributed by atoms with Crippen LogP contribution >= 0.6 is 0 Å². The van der Waals surface area contributed by atoms with E-state index in [9.17, 15) is 27.2 Å². The van der Waals surface area contributed by atoms with Gasteiger partial charge in [0, 0.05) is 48.2 Å². The highest BCUT2D eigenvalue weighted by Crippen LogP contribution is 2.38. The summed E-state index contributed by atoms with van der Waals surface area (Å²) in [5.74, 6) is -1.98. The summed E-state index contributed by atoms with van der Waals surface area (Å²) in [6.07, 6.45) is 5.80. The van der Waals surface area contributed by atoms with Crippen LogP contribution in [-0.4, -0.2) is 60.4 Å². The van der Waals surface area contributed by atoms with E-state index in [0.29, 0.717) is 33.4 Å². The quantitative estimate of drug-likeness (QED) is 0.231. The zero-order valence-corrected chi connectivity index (χ0v) is 23.1. The van der Waals surface area contributed by atoms with Crippen LogP contribution in [0.3, 0.4) is 0 Å². The van der Waals surface area contributed by atoms with Crippen LogP contribution in [-0.2, 0) is 22.3 Å². The maximum atomic E-state index is 13.5. The number of carbonyl (C=O) groups is 2. The van der Waals surface area contributed by atoms with Gasteiger partial charge in [0.15, 0.2) is 5.83 Å². The van der Waals surface area contributed by atoms with Crippen molar-refractivity contribution in [1.82, 2.24) is 34.8 Å². The van der Waals surface area contributed by atoms with Crippen molar-refractivity contribution >= 4 is 22.8 Å². The number of likely N-dealkylation sites (tertiary alicyclic amines) is 1. The number of fused-ring (bicyclic) bond motifs is 1. The molecule has 0 atom stereocenters. The molecule has 224 valence electrons. The van der Waals surface area contributed by atoms with Gasteiger partial charge in [-0.15, -0.1) is 0 Å². The van der Waals surface area contributed by atoms with E-state index in [1.54, 1.807) is 34.0 Å². The first-order valence-corrected chi connectivity index (χ1v) is 14.1. The summed E-state index contributed by atoms with van der Waals surface area (Å²) in [5.41, 5.74) is 2.41. The average molecular weight is 596 g/mol. The summed E-state index contributed by atoms with van der Waals surface area (Å²) in [6, 6.07) is 6.27. The van der Waals surface area contributed by atoms with E-state index < -0.39 is 23.5 Å². The smallest absolute Gasteiger partial charge is 0.352 e. The van der Waals surface area contributed by atoms with Gasteiger partial charge >= 0.3 is 6.18 Å². The number of rotatable bonds is 7. The lowest BCUT2D eigenvalue weighted by Crippen LogP contribution is -2.51. The van der Waals surface area contributed by atoms with E-state index >= 15 is 0 Å². The van der Waals surface area contributed by atoms with E-state index in [2.05, 4.69) is 22.0 Å². The SMILES string of the molecule is C=C(F)C(=O)N1CC(n2nc(-c3ccc(C(F)(F)F)cc3)c3nccc(-c4cnn(CC(=O)NC5CCCCC5)c4)c32)C1. The lowest BCUT2D eigenvalue weighted by molar-refractivity contribution is -0.137. The van der Waals surface area contributed by atoms with Crippen molar-refractivity contribution in [3.05, 3.63) is 66.9 Å². The Morgan fingerprint density at radius 1 is 1.02 bits per heavy atom. The van der Waals surface area contributed by atoms with Crippen LogP contribution in [0.5, 0.6) is 0 Å². The Hall–Kier alpha value is -4.55. The molecule has 13 heteroatoms. The molecule has 0 unspecified atom stereocenters. The zero-order valence-electron chi connectivity index (χ0n) is 23.1. The minimum Gasteiger partial charge on any atom is -0.352 e. The highest BCUT2D eigenvalue weighted by molar-refractivity contribution is 5.99. The van der Waals surface area contributed by atoms with Crippen LogP contribution in [0.1, 0.15) is 43.7 Å². The fraction of sp³-hybridized carbons (Fsp3) is 0.367. The van der Waals surface area contributed by atoms with E-state index in [4.69, 9.17) is 5.10 Å². The molecule has 1 aliphatic heterocycles. The number of nitrogens with one attached hydrogen (secondary N) is 1. The fourth-order valence-corrected chi connectivity index (χ4v) is 5.78. The molecule has 2 aliphatic rings. The van der Waals surface area contributed by atoms with Gasteiger partial charge in [-0.2, -0.15) is 23.4 Å². The van der Waals surface area contributed by atoms with Crippen LogP contribution in [0.25, 0.3) is 33.4 Å². The van der Waals surface area contributed by atoms with Crippen molar-refractivity contribution in [1.29, 1.82) is 0 Å². The molecule has 0 radical (unpaired) electrons. The van der Waals surface area contributed by atoms with Gasteiger partial charge < -0.3 is 10.2 Å². The Morgan fingerprint density at radius 2 is 1.74 bits per heavy atom. The Labute approximate surface area is 244 Å². The van der Waals surface area contributed by atoms with Gasteiger partial charge in [0.05, 0.1) is 23.3 Å². The Balaban J connectivity index is 1.34. The maximum absolute atomic E-state index is 13.5. The highest BCUT2D eigenvalue weighted by Gasteiger charge is 2.36. The summed E-state index contributed by atoms with van der Waals surface area (Å²) in [7, 11) is 0. The molecule has 1 aliphatic carbocycles. The maximum Gasteiger partial charge on any atom is 0.416 e. The van der Waals surface area contributed by atoms with Crippen molar-refractivity contribution in [2.24, 2.45) is 0 Å². The Bertz CT molecular complexity index is 1680. The van der Waals surface area contributed by atoms with Crippen LogP contribution in [0.2, 0.25) is 0 Å². The first-order chi connectivity index (χ1) is 20.6. The molecular weight excluding hydrogens is 566 g/mol. The molecule has 2 amide bonds. The normalized spacial score (nSPS) is 16.3. The third-order valence-corrected chi connectivity index (χ3v) is 8.02. The monoisotopic (exact) mass is 595 g/mol. The number of carbonyl (C=O) groups excluding carboxylic acids is 2. The number of pyridine rings is 1. The van der Waals surface area contributed by atoms with Crippen molar-refractivity contribution in [2.75, 3.05) is 13.1 Å². The molecule has 6 rings (SSSR count). The number of amides is 2. The number of benzene rings is 1. The molecule has 4 aromatic rings. The number of nitrogens with zero attached hydrogens (tertiary/aromatic N) is 6. The van der Waals surface area contributed by atoms with Crippen LogP contribution in [0.15, 0.2) is 61.3 Å². The van der Waals surface area contributed by atoms with Crippen molar-refractivity contribution in [2.45, 2.75) is 56.9 Å². The van der Waals surface area contributed by atoms with Gasteiger partial charge in [-0.1, -0.05) is 38.0 Å². The molecule has 1 saturated heterocycles. The van der Waals surface area contributed by atoms with E-state index in [1.807, 2.05) is 0 Å². The van der Waals surface area contributed by atoms with E-state index in [0.717, 1.165) is 37.8 Å². The van der Waals surface area contributed by atoms with E-state index in [-0.39, 0.29) is 37.6 Å². The fourth-order valence-electron chi connectivity index (χ4n) is 5.78. The Kier molecular flexibility index (Phi) is 7.49. The third kappa shape index (κ3) is 5.75. The molecule has 43 heavy (non-hydrogen) atoms. The zero-order chi connectivity index (χ0) is 30.3. The lowest BCUT2D eigenvalue weighted by atomic mass is 9.95. The Morgan fingerprint density at radius 3 is 2.42 bits per heavy atom. The van der Waals surface area contributed by atoms with E-state index in [1.165, 1.54) is 23.5 Å². The molecule has 3 aromatic heterocycles. The molecule has 0 bridgehead atoms. The number of halogens is 4. The molecule has 1 saturated carbocycles. The second-order valence-corrected chi connectivity index (χ2v) is 11.0. The van der Waals surface area contributed by atoms with Gasteiger partial charge in [-0.05, 0) is 31.0 Å². The second kappa shape index (κ2) is 11.3. The van der Waals surface area contributed by atoms with Crippen molar-refractivity contribution < 1.29 is 27.2 Å². The van der Waals surface area contributed by atoms with Crippen molar-refractivity contribution in [3.8, 4) is 22.4 Å². The predicted octanol–water partition coefficient (Wildman–Crippen LogP) is 5.30. The minimum absolute atomic E-state index is 0.0492. The van der Waals surface area contributed by atoms with Gasteiger partial charge in [0.1, 0.15) is 17.8 Å². The lowest BCUT2D eigenvalue weighted by Gasteiger charge is -2.39. The minimum atomic E-state index is -4.48. The van der Waals surface area contributed by atoms with Crippen LogP contribution in [0, 0.1) is 0 Å². The summed E-state index contributed by atoms with van der Waals surface area (Å²) in [5, 5.41) is 12.2. The van der Waals surface area contributed by atoms with Gasteiger partial charge in [0.2, 0.25) is 5.91 Å².